The van der Waals surface area contributed by atoms with Crippen LogP contribution in [0.25, 0.3) is 11.4 Å². The molecule has 0 unspecified atom stereocenters. The minimum Gasteiger partial charge on any atom is -0.492 e. The van der Waals surface area contributed by atoms with Gasteiger partial charge in [0, 0.05) is 16.7 Å². The quantitative estimate of drug-likeness (QED) is 0.330. The molecule has 3 rings (SSSR count). The van der Waals surface area contributed by atoms with Crippen molar-refractivity contribution in [3.8, 4) is 17.1 Å². The van der Waals surface area contributed by atoms with E-state index in [-0.39, 0.29) is 24.1 Å². The maximum absolute atomic E-state index is 13.0. The molecule has 0 fully saturated rings. The summed E-state index contributed by atoms with van der Waals surface area (Å²) in [5.41, 5.74) is 0.730. The van der Waals surface area contributed by atoms with Crippen LogP contribution in [-0.2, 0) is 4.79 Å². The molecule has 0 atom stereocenters. The number of amides is 1. The second-order valence-corrected chi connectivity index (χ2v) is 7.01. The van der Waals surface area contributed by atoms with Gasteiger partial charge >= 0.3 is 0 Å². The molecule has 7 nitrogen and oxygen atoms in total. The number of halogens is 2. The molecule has 1 heterocycles. The Hall–Kier alpha value is -2.78. The first-order valence-electron chi connectivity index (χ1n) is 8.27. The molecular weight excluding hydrogens is 405 g/mol. The minimum atomic E-state index is -0.374. The fraction of sp³-hybridized carbons (Fsp3) is 0.167. The Morgan fingerprint density at radius 1 is 1.25 bits per heavy atom. The van der Waals surface area contributed by atoms with Crippen molar-refractivity contribution >= 4 is 29.3 Å². The third-order valence-electron chi connectivity index (χ3n) is 3.57. The van der Waals surface area contributed by atoms with E-state index in [0.717, 1.165) is 17.3 Å². The van der Waals surface area contributed by atoms with Crippen molar-refractivity contribution in [2.75, 3.05) is 24.7 Å². The molecule has 10 heteroatoms. The second kappa shape index (κ2) is 9.43. The molecule has 3 aromatic rings. The molecule has 1 aromatic heterocycles. The van der Waals surface area contributed by atoms with Crippen molar-refractivity contribution in [2.45, 2.75) is 5.16 Å². The van der Waals surface area contributed by atoms with Crippen LogP contribution in [0.5, 0.6) is 5.75 Å². The molecule has 0 spiro atoms. The van der Waals surface area contributed by atoms with Gasteiger partial charge in [-0.1, -0.05) is 41.6 Å². The molecule has 28 heavy (non-hydrogen) atoms. The number of hydrogen-bond acceptors (Lipinski definition) is 6. The first-order chi connectivity index (χ1) is 13.5. The largest absolute Gasteiger partial charge is 0.492 e. The Balaban J connectivity index is 1.45. The van der Waals surface area contributed by atoms with E-state index in [0.29, 0.717) is 28.3 Å². The third kappa shape index (κ3) is 5.37. The third-order valence-corrected chi connectivity index (χ3v) is 4.75. The summed E-state index contributed by atoms with van der Waals surface area (Å²) in [7, 11) is 0. The average molecular weight is 422 g/mol. The number of carbonyl (C=O) groups excluding carboxylic acids is 1. The van der Waals surface area contributed by atoms with Crippen molar-refractivity contribution in [1.82, 2.24) is 20.2 Å². The van der Waals surface area contributed by atoms with Crippen LogP contribution in [0.15, 0.2) is 53.7 Å². The lowest BCUT2D eigenvalue weighted by atomic mass is 10.2. The van der Waals surface area contributed by atoms with Gasteiger partial charge in [0.25, 0.3) is 0 Å². The highest BCUT2D eigenvalue weighted by molar-refractivity contribution is 7.99. The molecule has 146 valence electrons. The summed E-state index contributed by atoms with van der Waals surface area (Å²) in [6, 6.07) is 12.9. The van der Waals surface area contributed by atoms with Crippen LogP contribution in [0.4, 0.5) is 4.39 Å². The molecule has 0 aliphatic carbocycles. The molecule has 3 N–H and O–H groups in total. The number of hydrogen-bond donors (Lipinski definition) is 2. The van der Waals surface area contributed by atoms with E-state index in [1.165, 1.54) is 16.8 Å². The topological polar surface area (TPSA) is 95.1 Å². The molecule has 2 aromatic carbocycles. The van der Waals surface area contributed by atoms with Gasteiger partial charge in [-0.15, -0.1) is 10.2 Å². The Bertz CT molecular complexity index is 969. The number of thioether (sulfide) groups is 1. The van der Waals surface area contributed by atoms with Gasteiger partial charge in [-0.05, 0) is 24.3 Å². The molecule has 0 bridgehead atoms. The highest BCUT2D eigenvalue weighted by atomic mass is 35.5. The Labute approximate surface area is 170 Å². The summed E-state index contributed by atoms with van der Waals surface area (Å²) >= 11 is 7.14. The van der Waals surface area contributed by atoms with Crippen LogP contribution in [0, 0.1) is 5.82 Å². The Kier molecular flexibility index (Phi) is 6.72. The maximum atomic E-state index is 13.0. The number of carbonyl (C=O) groups is 1. The minimum absolute atomic E-state index is 0.116. The van der Waals surface area contributed by atoms with E-state index in [1.54, 1.807) is 30.3 Å². The highest BCUT2D eigenvalue weighted by Crippen LogP contribution is 2.23. The van der Waals surface area contributed by atoms with Crippen molar-refractivity contribution < 1.29 is 13.9 Å². The molecule has 0 radical (unpaired) electrons. The number of nitrogens with zero attached hydrogens (tertiary/aromatic N) is 3. The summed E-state index contributed by atoms with van der Waals surface area (Å²) < 4.78 is 19.7. The van der Waals surface area contributed by atoms with Crippen LogP contribution in [-0.4, -0.2) is 39.7 Å². The van der Waals surface area contributed by atoms with Gasteiger partial charge in [0.2, 0.25) is 11.1 Å². The molecular formula is C18H17ClFN5O2S. The van der Waals surface area contributed by atoms with Crippen molar-refractivity contribution in [2.24, 2.45) is 0 Å². The van der Waals surface area contributed by atoms with Gasteiger partial charge in [-0.2, -0.15) is 0 Å². The molecule has 0 aliphatic rings. The Morgan fingerprint density at radius 3 is 2.86 bits per heavy atom. The monoisotopic (exact) mass is 421 g/mol. The second-order valence-electron chi connectivity index (χ2n) is 5.63. The van der Waals surface area contributed by atoms with Crippen molar-refractivity contribution in [3.05, 3.63) is 59.4 Å². The van der Waals surface area contributed by atoms with Gasteiger partial charge in [0.15, 0.2) is 5.82 Å². The van der Waals surface area contributed by atoms with E-state index < -0.39 is 0 Å². The number of aromatic nitrogens is 3. The summed E-state index contributed by atoms with van der Waals surface area (Å²) in [6.45, 7) is 0.519. The predicted octanol–water partition coefficient (Wildman–Crippen LogP) is 2.74. The number of benzene rings is 2. The van der Waals surface area contributed by atoms with E-state index in [4.69, 9.17) is 22.2 Å². The lowest BCUT2D eigenvalue weighted by Crippen LogP contribution is -2.29. The Morgan fingerprint density at radius 2 is 2.07 bits per heavy atom. The molecule has 0 aliphatic heterocycles. The number of nitrogens with two attached hydrogens (primary N) is 1. The number of nitrogens with one attached hydrogen (secondary N) is 1. The number of nitrogen functional groups attached to an aromatic ring is 1. The summed E-state index contributed by atoms with van der Waals surface area (Å²) in [5, 5.41) is 11.7. The first-order valence-corrected chi connectivity index (χ1v) is 9.63. The van der Waals surface area contributed by atoms with Gasteiger partial charge in [0.05, 0.1) is 12.3 Å². The van der Waals surface area contributed by atoms with Crippen LogP contribution in [0.1, 0.15) is 0 Å². The van der Waals surface area contributed by atoms with Crippen LogP contribution >= 0.6 is 23.4 Å². The standard InChI is InChI=1S/C18H17ClFN5O2S/c19-13-4-1-3-12(9-13)17-23-24-18(25(17)21)28-11-16(26)22-7-8-27-15-6-2-5-14(20)10-15/h1-6,9-10H,7-8,11,21H2,(H,22,26). The van der Waals surface area contributed by atoms with Crippen molar-refractivity contribution in [3.63, 3.8) is 0 Å². The van der Waals surface area contributed by atoms with Crippen molar-refractivity contribution in [1.29, 1.82) is 0 Å². The van der Waals surface area contributed by atoms with Gasteiger partial charge in [-0.3, -0.25) is 4.79 Å². The summed E-state index contributed by atoms with van der Waals surface area (Å²) in [5.74, 6) is 6.41. The van der Waals surface area contributed by atoms with Crippen LogP contribution < -0.4 is 15.9 Å². The smallest absolute Gasteiger partial charge is 0.230 e. The van der Waals surface area contributed by atoms with Gasteiger partial charge in [0.1, 0.15) is 18.2 Å². The SMILES string of the molecule is Nn1c(SCC(=O)NCCOc2cccc(F)c2)nnc1-c1cccc(Cl)c1. The van der Waals surface area contributed by atoms with E-state index >= 15 is 0 Å². The number of ether oxygens (including phenoxy) is 1. The predicted molar refractivity (Wildman–Crippen MR) is 106 cm³/mol. The fourth-order valence-electron chi connectivity index (χ4n) is 2.30. The zero-order valence-corrected chi connectivity index (χ0v) is 16.2. The summed E-state index contributed by atoms with van der Waals surface area (Å²) in [6.07, 6.45) is 0. The zero-order chi connectivity index (χ0) is 19.9. The van der Waals surface area contributed by atoms with E-state index in [9.17, 15) is 9.18 Å². The number of rotatable bonds is 8. The zero-order valence-electron chi connectivity index (χ0n) is 14.6. The maximum Gasteiger partial charge on any atom is 0.230 e. The van der Waals surface area contributed by atoms with Crippen LogP contribution in [0.3, 0.4) is 0 Å². The fourth-order valence-corrected chi connectivity index (χ4v) is 3.17. The van der Waals surface area contributed by atoms with E-state index in [1.807, 2.05) is 6.07 Å². The summed E-state index contributed by atoms with van der Waals surface area (Å²) in [4.78, 5) is 12.0. The van der Waals surface area contributed by atoms with Gasteiger partial charge < -0.3 is 15.9 Å². The normalized spacial score (nSPS) is 10.6. The lowest BCUT2D eigenvalue weighted by Gasteiger charge is -2.08. The van der Waals surface area contributed by atoms with Crippen LogP contribution in [0.2, 0.25) is 5.02 Å². The lowest BCUT2D eigenvalue weighted by molar-refractivity contribution is -0.118. The molecule has 1 amide bonds. The first kappa shape index (κ1) is 20.0. The van der Waals surface area contributed by atoms with Gasteiger partial charge in [-0.25, -0.2) is 9.07 Å². The molecule has 0 saturated heterocycles. The molecule has 0 saturated carbocycles. The average Bonchev–Trinajstić information content (AvgIpc) is 3.04. The highest BCUT2D eigenvalue weighted by Gasteiger charge is 2.14. The van der Waals surface area contributed by atoms with E-state index in [2.05, 4.69) is 15.5 Å².